The number of benzene rings is 1. The van der Waals surface area contributed by atoms with Crippen LogP contribution < -0.4 is 9.62 Å². The van der Waals surface area contributed by atoms with Gasteiger partial charge in [-0.1, -0.05) is 13.8 Å². The molecular formula is C15H24N2O3S. The van der Waals surface area contributed by atoms with Crippen LogP contribution in [0.5, 0.6) is 0 Å². The molecule has 0 radical (unpaired) electrons. The Hall–Kier alpha value is -1.11. The minimum absolute atomic E-state index is 0.283. The van der Waals surface area contributed by atoms with Crippen molar-refractivity contribution in [3.8, 4) is 0 Å². The van der Waals surface area contributed by atoms with Crippen LogP contribution in [0.25, 0.3) is 0 Å². The Morgan fingerprint density at radius 3 is 2.57 bits per heavy atom. The van der Waals surface area contributed by atoms with Crippen molar-refractivity contribution in [1.82, 2.24) is 4.72 Å². The maximum Gasteiger partial charge on any atom is 0.240 e. The summed E-state index contributed by atoms with van der Waals surface area (Å²) in [5.74, 6) is 0.319. The van der Waals surface area contributed by atoms with Crippen LogP contribution in [0.2, 0.25) is 0 Å². The zero-order chi connectivity index (χ0) is 15.5. The molecule has 1 fully saturated rings. The smallest absolute Gasteiger partial charge is 0.240 e. The first-order valence-corrected chi connectivity index (χ1v) is 8.95. The lowest BCUT2D eigenvalue weighted by molar-refractivity contribution is 0.103. The highest BCUT2D eigenvalue weighted by Crippen LogP contribution is 2.24. The normalized spacial score (nSPS) is 23.3. The fourth-order valence-electron chi connectivity index (χ4n) is 2.44. The van der Waals surface area contributed by atoms with E-state index in [4.69, 9.17) is 0 Å². The summed E-state index contributed by atoms with van der Waals surface area (Å²) in [6.45, 7) is 5.91. The number of hydrogen-bond donors (Lipinski definition) is 2. The monoisotopic (exact) mass is 312 g/mol. The van der Waals surface area contributed by atoms with Gasteiger partial charge in [0.05, 0.1) is 11.0 Å². The second-order valence-corrected chi connectivity index (χ2v) is 7.44. The predicted octanol–water partition coefficient (Wildman–Crippen LogP) is 1.58. The van der Waals surface area contributed by atoms with Crippen molar-refractivity contribution in [3.63, 3.8) is 0 Å². The molecule has 0 amide bonds. The minimum Gasteiger partial charge on any atom is -0.391 e. The van der Waals surface area contributed by atoms with E-state index < -0.39 is 10.0 Å². The van der Waals surface area contributed by atoms with Gasteiger partial charge in [0.2, 0.25) is 10.0 Å². The van der Waals surface area contributed by atoms with Crippen molar-refractivity contribution in [2.24, 2.45) is 5.92 Å². The lowest BCUT2D eigenvalue weighted by Gasteiger charge is -2.35. The molecule has 2 atom stereocenters. The van der Waals surface area contributed by atoms with Crippen molar-refractivity contribution in [2.75, 3.05) is 24.5 Å². The summed E-state index contributed by atoms with van der Waals surface area (Å²) in [7, 11) is -3.41. The van der Waals surface area contributed by atoms with Gasteiger partial charge in [-0.2, -0.15) is 0 Å². The summed E-state index contributed by atoms with van der Waals surface area (Å²) in [5, 5.41) is 9.94. The molecule has 1 saturated heterocycles. The first-order valence-electron chi connectivity index (χ1n) is 7.47. The van der Waals surface area contributed by atoms with E-state index in [0.717, 1.165) is 25.1 Å². The molecule has 1 aromatic rings. The van der Waals surface area contributed by atoms with E-state index in [2.05, 4.69) is 16.5 Å². The van der Waals surface area contributed by atoms with Crippen molar-refractivity contribution >= 4 is 15.7 Å². The first kappa shape index (κ1) is 16.3. The maximum atomic E-state index is 12.0. The average molecular weight is 312 g/mol. The molecule has 1 aromatic carbocycles. The molecule has 21 heavy (non-hydrogen) atoms. The molecule has 0 aromatic heterocycles. The summed E-state index contributed by atoms with van der Waals surface area (Å²) in [4.78, 5) is 2.38. The topological polar surface area (TPSA) is 69.6 Å². The number of aliphatic hydroxyl groups excluding tert-OH is 1. The molecule has 0 bridgehead atoms. The molecule has 0 spiro atoms. The Kier molecular flexibility index (Phi) is 5.24. The Bertz CT molecular complexity index is 557. The van der Waals surface area contributed by atoms with Gasteiger partial charge in [-0.3, -0.25) is 0 Å². The lowest BCUT2D eigenvalue weighted by Crippen LogP contribution is -2.42. The molecule has 1 aliphatic rings. The standard InChI is InChI=1S/C15H24N2O3S/c1-3-9-16-21(19,20)14-6-4-13(5-7-14)17-10-8-12(2)15(18)11-17/h4-7,12,15-16,18H,3,8-11H2,1-2H3. The van der Waals surface area contributed by atoms with Crippen molar-refractivity contribution in [3.05, 3.63) is 24.3 Å². The molecule has 118 valence electrons. The number of nitrogens with one attached hydrogen (secondary N) is 1. The van der Waals surface area contributed by atoms with Gasteiger partial charge in [-0.05, 0) is 43.0 Å². The fourth-order valence-corrected chi connectivity index (χ4v) is 3.57. The van der Waals surface area contributed by atoms with Gasteiger partial charge in [0, 0.05) is 25.3 Å². The summed E-state index contributed by atoms with van der Waals surface area (Å²) in [5.41, 5.74) is 0.954. The summed E-state index contributed by atoms with van der Waals surface area (Å²) in [6, 6.07) is 6.86. The van der Waals surface area contributed by atoms with Crippen LogP contribution in [0, 0.1) is 5.92 Å². The zero-order valence-corrected chi connectivity index (χ0v) is 13.4. The molecule has 6 heteroatoms. The van der Waals surface area contributed by atoms with E-state index in [1.807, 2.05) is 19.1 Å². The third-order valence-electron chi connectivity index (χ3n) is 3.97. The van der Waals surface area contributed by atoms with Crippen LogP contribution in [0.4, 0.5) is 5.69 Å². The zero-order valence-electron chi connectivity index (χ0n) is 12.6. The molecule has 0 aliphatic carbocycles. The van der Waals surface area contributed by atoms with Gasteiger partial charge < -0.3 is 10.0 Å². The summed E-state index contributed by atoms with van der Waals surface area (Å²) >= 11 is 0. The third kappa shape index (κ3) is 3.96. The highest BCUT2D eigenvalue weighted by molar-refractivity contribution is 7.89. The van der Waals surface area contributed by atoms with Crippen LogP contribution in [-0.2, 0) is 10.0 Å². The van der Waals surface area contributed by atoms with E-state index >= 15 is 0 Å². The van der Waals surface area contributed by atoms with E-state index in [-0.39, 0.29) is 11.0 Å². The minimum atomic E-state index is -3.41. The fraction of sp³-hybridized carbons (Fsp3) is 0.600. The molecule has 0 saturated carbocycles. The van der Waals surface area contributed by atoms with E-state index in [9.17, 15) is 13.5 Å². The predicted molar refractivity (Wildman–Crippen MR) is 83.9 cm³/mol. The quantitative estimate of drug-likeness (QED) is 0.866. The number of sulfonamides is 1. The molecule has 2 N–H and O–H groups in total. The molecule has 1 aliphatic heterocycles. The number of rotatable bonds is 5. The number of nitrogens with zero attached hydrogens (tertiary/aromatic N) is 1. The Morgan fingerprint density at radius 1 is 1.33 bits per heavy atom. The van der Waals surface area contributed by atoms with Crippen molar-refractivity contribution in [2.45, 2.75) is 37.7 Å². The maximum absolute atomic E-state index is 12.0. The van der Waals surface area contributed by atoms with E-state index in [0.29, 0.717) is 19.0 Å². The number of anilines is 1. The van der Waals surface area contributed by atoms with E-state index in [1.54, 1.807) is 12.1 Å². The lowest BCUT2D eigenvalue weighted by atomic mass is 9.96. The second-order valence-electron chi connectivity index (χ2n) is 5.67. The number of hydrogen-bond acceptors (Lipinski definition) is 4. The Labute approximate surface area is 127 Å². The van der Waals surface area contributed by atoms with Gasteiger partial charge >= 0.3 is 0 Å². The highest BCUT2D eigenvalue weighted by Gasteiger charge is 2.24. The average Bonchev–Trinajstić information content (AvgIpc) is 2.48. The third-order valence-corrected chi connectivity index (χ3v) is 5.45. The van der Waals surface area contributed by atoms with Gasteiger partial charge in [-0.15, -0.1) is 0 Å². The number of piperidine rings is 1. The molecule has 2 rings (SSSR count). The van der Waals surface area contributed by atoms with E-state index in [1.165, 1.54) is 0 Å². The van der Waals surface area contributed by atoms with Crippen LogP contribution in [0.1, 0.15) is 26.7 Å². The Balaban J connectivity index is 2.09. The Morgan fingerprint density at radius 2 is 2.00 bits per heavy atom. The van der Waals surface area contributed by atoms with Crippen molar-refractivity contribution in [1.29, 1.82) is 0 Å². The van der Waals surface area contributed by atoms with Crippen LogP contribution in [0.15, 0.2) is 29.2 Å². The van der Waals surface area contributed by atoms with Crippen LogP contribution in [0.3, 0.4) is 0 Å². The number of aliphatic hydroxyl groups is 1. The van der Waals surface area contributed by atoms with Gasteiger partial charge in [0.15, 0.2) is 0 Å². The summed E-state index contributed by atoms with van der Waals surface area (Å²) in [6.07, 6.45) is 1.38. The second kappa shape index (κ2) is 6.77. The van der Waals surface area contributed by atoms with Gasteiger partial charge in [0.25, 0.3) is 0 Å². The van der Waals surface area contributed by atoms with Crippen LogP contribution >= 0.6 is 0 Å². The highest BCUT2D eigenvalue weighted by atomic mass is 32.2. The number of β-amino-alcohol motifs (C(OH)–C–C–N with tert-alkyl or cyclic N) is 1. The molecule has 1 heterocycles. The molecule has 2 unspecified atom stereocenters. The molecular weight excluding hydrogens is 288 g/mol. The van der Waals surface area contributed by atoms with Crippen LogP contribution in [-0.4, -0.2) is 39.3 Å². The largest absolute Gasteiger partial charge is 0.391 e. The van der Waals surface area contributed by atoms with Crippen molar-refractivity contribution < 1.29 is 13.5 Å². The molecule has 5 nitrogen and oxygen atoms in total. The van der Waals surface area contributed by atoms with Gasteiger partial charge in [-0.25, -0.2) is 13.1 Å². The van der Waals surface area contributed by atoms with Gasteiger partial charge in [0.1, 0.15) is 0 Å². The first-order chi connectivity index (χ1) is 9.94. The SMILES string of the molecule is CCCNS(=O)(=O)c1ccc(N2CCC(C)C(O)C2)cc1. The summed E-state index contributed by atoms with van der Waals surface area (Å²) < 4.78 is 26.6.